The van der Waals surface area contributed by atoms with Gasteiger partial charge in [0.15, 0.2) is 0 Å². The predicted octanol–water partition coefficient (Wildman–Crippen LogP) is 4.93. The molecule has 4 heterocycles. The summed E-state index contributed by atoms with van der Waals surface area (Å²) in [5, 5.41) is 0.925. The van der Waals surface area contributed by atoms with Gasteiger partial charge in [-0.25, -0.2) is 15.0 Å². The molecule has 1 atom stereocenters. The molecule has 4 rings (SSSR count). The molecule has 156 valence electrons. The van der Waals surface area contributed by atoms with Gasteiger partial charge in [-0.3, -0.25) is 9.78 Å². The summed E-state index contributed by atoms with van der Waals surface area (Å²) < 4.78 is 0. The van der Waals surface area contributed by atoms with Crippen LogP contribution in [0.1, 0.15) is 70.5 Å². The first-order valence-corrected chi connectivity index (χ1v) is 11.4. The highest BCUT2D eigenvalue weighted by Crippen LogP contribution is 2.37. The van der Waals surface area contributed by atoms with E-state index in [1.807, 2.05) is 37.1 Å². The number of thiazole rings is 1. The van der Waals surface area contributed by atoms with Gasteiger partial charge in [-0.1, -0.05) is 6.92 Å². The van der Waals surface area contributed by atoms with Crippen LogP contribution in [0, 0.1) is 13.8 Å². The molecule has 1 aliphatic heterocycles. The summed E-state index contributed by atoms with van der Waals surface area (Å²) in [6.07, 6.45) is 10.3. The molecule has 1 aliphatic rings. The third kappa shape index (κ3) is 4.12. The van der Waals surface area contributed by atoms with Crippen molar-refractivity contribution in [2.45, 2.75) is 58.9 Å². The fourth-order valence-corrected chi connectivity index (χ4v) is 4.98. The number of aromatic nitrogens is 4. The van der Waals surface area contributed by atoms with Gasteiger partial charge in [0.1, 0.15) is 10.7 Å². The summed E-state index contributed by atoms with van der Waals surface area (Å²) in [6.45, 7) is 6.74. The molecule has 3 aromatic rings. The predicted molar refractivity (Wildman–Crippen MR) is 118 cm³/mol. The highest BCUT2D eigenvalue weighted by Gasteiger charge is 2.33. The van der Waals surface area contributed by atoms with Gasteiger partial charge in [-0.15, -0.1) is 11.3 Å². The Bertz CT molecular complexity index is 1030. The quantitative estimate of drug-likeness (QED) is 0.584. The third-order valence-corrected chi connectivity index (χ3v) is 6.57. The fraction of sp³-hybridized carbons (Fsp3) is 0.435. The molecule has 0 aromatic carbocycles. The van der Waals surface area contributed by atoms with Gasteiger partial charge in [-0.05, 0) is 57.2 Å². The van der Waals surface area contributed by atoms with Gasteiger partial charge in [0.05, 0.1) is 22.4 Å². The van der Waals surface area contributed by atoms with Crippen molar-refractivity contribution in [2.75, 3.05) is 6.54 Å². The first-order valence-electron chi connectivity index (χ1n) is 10.6. The number of nitrogens with zero attached hydrogens (tertiary/aromatic N) is 5. The number of aryl methyl sites for hydroxylation is 3. The van der Waals surface area contributed by atoms with Crippen LogP contribution in [0.4, 0.5) is 0 Å². The van der Waals surface area contributed by atoms with E-state index in [1.54, 1.807) is 12.4 Å². The van der Waals surface area contributed by atoms with Crippen molar-refractivity contribution in [3.63, 3.8) is 0 Å². The number of carbonyl (C=O) groups is 1. The highest BCUT2D eigenvalue weighted by atomic mass is 32.1. The van der Waals surface area contributed by atoms with Crippen LogP contribution in [0.5, 0.6) is 0 Å². The molecule has 1 saturated heterocycles. The molecule has 0 bridgehead atoms. The maximum atomic E-state index is 13.5. The molecule has 7 heteroatoms. The van der Waals surface area contributed by atoms with Gasteiger partial charge in [0, 0.05) is 37.1 Å². The van der Waals surface area contributed by atoms with E-state index in [4.69, 9.17) is 4.98 Å². The van der Waals surface area contributed by atoms with Gasteiger partial charge in [-0.2, -0.15) is 0 Å². The molecule has 1 amide bonds. The number of pyridine rings is 1. The third-order valence-electron chi connectivity index (χ3n) is 5.51. The minimum atomic E-state index is -0.0603. The van der Waals surface area contributed by atoms with Crippen LogP contribution in [0.3, 0.4) is 0 Å². The fourth-order valence-electron chi connectivity index (χ4n) is 4.10. The lowest BCUT2D eigenvalue weighted by molar-refractivity contribution is 0.0610. The van der Waals surface area contributed by atoms with Crippen LogP contribution in [0.15, 0.2) is 30.7 Å². The average molecular weight is 422 g/mol. The van der Waals surface area contributed by atoms with E-state index >= 15 is 0 Å². The van der Waals surface area contributed by atoms with Gasteiger partial charge < -0.3 is 4.90 Å². The number of hydrogen-bond acceptors (Lipinski definition) is 6. The standard InChI is InChI=1S/C23H27N5OS/c1-4-7-20-25-14-18(17-9-11-24-12-10-17)21(27-20)19-8-5-6-13-28(19)23(29)22-15(2)26-16(3)30-22/h9-12,14,19H,4-8,13H2,1-3H3. The molecule has 0 N–H and O–H groups in total. The Morgan fingerprint density at radius 2 is 2.00 bits per heavy atom. The van der Waals surface area contributed by atoms with Crippen molar-refractivity contribution < 1.29 is 4.79 Å². The second-order valence-corrected chi connectivity index (χ2v) is 8.93. The number of rotatable bonds is 5. The van der Waals surface area contributed by atoms with Crippen LogP contribution in [0.25, 0.3) is 11.1 Å². The Balaban J connectivity index is 1.78. The molecule has 6 nitrogen and oxygen atoms in total. The van der Waals surface area contributed by atoms with E-state index in [2.05, 4.69) is 21.9 Å². The Labute approximate surface area is 181 Å². The lowest BCUT2D eigenvalue weighted by Crippen LogP contribution is -2.39. The molecule has 0 aliphatic carbocycles. The lowest BCUT2D eigenvalue weighted by atomic mass is 9.93. The zero-order valence-corrected chi connectivity index (χ0v) is 18.6. The first-order chi connectivity index (χ1) is 14.6. The summed E-state index contributed by atoms with van der Waals surface area (Å²) in [6, 6.07) is 3.90. The summed E-state index contributed by atoms with van der Waals surface area (Å²) in [5.74, 6) is 0.909. The second-order valence-electron chi connectivity index (χ2n) is 7.73. The molecular weight excluding hydrogens is 394 g/mol. The number of likely N-dealkylation sites (tertiary alicyclic amines) is 1. The van der Waals surface area contributed by atoms with E-state index < -0.39 is 0 Å². The van der Waals surface area contributed by atoms with Gasteiger partial charge >= 0.3 is 0 Å². The van der Waals surface area contributed by atoms with Crippen molar-refractivity contribution in [1.82, 2.24) is 24.8 Å². The smallest absolute Gasteiger partial charge is 0.266 e. The maximum Gasteiger partial charge on any atom is 0.266 e. The van der Waals surface area contributed by atoms with Crippen molar-refractivity contribution in [2.24, 2.45) is 0 Å². The summed E-state index contributed by atoms with van der Waals surface area (Å²) in [7, 11) is 0. The normalized spacial score (nSPS) is 16.6. The first kappa shape index (κ1) is 20.6. The van der Waals surface area contributed by atoms with Gasteiger partial charge in [0.25, 0.3) is 5.91 Å². The molecule has 0 saturated carbocycles. The molecule has 3 aromatic heterocycles. The Morgan fingerprint density at radius 1 is 1.20 bits per heavy atom. The molecule has 1 fully saturated rings. The van der Waals surface area contributed by atoms with Crippen molar-refractivity contribution in [3.8, 4) is 11.1 Å². The lowest BCUT2D eigenvalue weighted by Gasteiger charge is -2.36. The van der Waals surface area contributed by atoms with Crippen molar-refractivity contribution >= 4 is 17.2 Å². The molecular formula is C23H27N5OS. The van der Waals surface area contributed by atoms with Crippen LogP contribution < -0.4 is 0 Å². The topological polar surface area (TPSA) is 71.9 Å². The highest BCUT2D eigenvalue weighted by molar-refractivity contribution is 7.13. The van der Waals surface area contributed by atoms with E-state index in [-0.39, 0.29) is 11.9 Å². The summed E-state index contributed by atoms with van der Waals surface area (Å²) in [5.41, 5.74) is 3.78. The summed E-state index contributed by atoms with van der Waals surface area (Å²) >= 11 is 1.48. The Kier molecular flexibility index (Phi) is 6.18. The SMILES string of the molecule is CCCc1ncc(-c2ccncc2)c(C2CCCCN2C(=O)c2sc(C)nc2C)n1. The average Bonchev–Trinajstić information content (AvgIpc) is 3.12. The minimum absolute atomic E-state index is 0.0603. The molecule has 0 spiro atoms. The largest absolute Gasteiger partial charge is 0.329 e. The molecule has 30 heavy (non-hydrogen) atoms. The van der Waals surface area contributed by atoms with Gasteiger partial charge in [0.2, 0.25) is 0 Å². The number of piperidine rings is 1. The Hall–Kier alpha value is -2.67. The minimum Gasteiger partial charge on any atom is -0.329 e. The molecule has 0 radical (unpaired) electrons. The second kappa shape index (κ2) is 9.00. The van der Waals surface area contributed by atoms with Crippen molar-refractivity contribution in [3.05, 3.63) is 57.8 Å². The van der Waals surface area contributed by atoms with Crippen LogP contribution in [-0.2, 0) is 6.42 Å². The van der Waals surface area contributed by atoms with Crippen LogP contribution >= 0.6 is 11.3 Å². The summed E-state index contributed by atoms with van der Waals surface area (Å²) in [4.78, 5) is 34.5. The number of carbonyl (C=O) groups excluding carboxylic acids is 1. The molecule has 1 unspecified atom stereocenters. The Morgan fingerprint density at radius 3 is 2.70 bits per heavy atom. The van der Waals surface area contributed by atoms with E-state index in [1.165, 1.54) is 11.3 Å². The van der Waals surface area contributed by atoms with Crippen LogP contribution in [0.2, 0.25) is 0 Å². The number of amides is 1. The zero-order valence-electron chi connectivity index (χ0n) is 17.8. The zero-order chi connectivity index (χ0) is 21.1. The maximum absolute atomic E-state index is 13.5. The number of hydrogen-bond donors (Lipinski definition) is 0. The van der Waals surface area contributed by atoms with E-state index in [0.29, 0.717) is 0 Å². The van der Waals surface area contributed by atoms with E-state index in [9.17, 15) is 4.79 Å². The van der Waals surface area contributed by atoms with Crippen LogP contribution in [-0.4, -0.2) is 37.3 Å². The monoisotopic (exact) mass is 421 g/mol. The van der Waals surface area contributed by atoms with Crippen molar-refractivity contribution in [1.29, 1.82) is 0 Å². The van der Waals surface area contributed by atoms with E-state index in [0.717, 1.165) is 76.9 Å².